The van der Waals surface area contributed by atoms with E-state index < -0.39 is 29.9 Å². The summed E-state index contributed by atoms with van der Waals surface area (Å²) in [5.41, 5.74) is -0.520. The molecule has 0 unspecified atom stereocenters. The number of halogens is 1. The summed E-state index contributed by atoms with van der Waals surface area (Å²) in [7, 11) is 0. The summed E-state index contributed by atoms with van der Waals surface area (Å²) in [5.74, 6) is -3.75. The number of carboxylic acid groups (broad SMARTS) is 1. The monoisotopic (exact) mass is 252 g/mol. The molecule has 0 aliphatic heterocycles. The van der Waals surface area contributed by atoms with Gasteiger partial charge in [0.15, 0.2) is 17.9 Å². The van der Waals surface area contributed by atoms with Crippen LogP contribution in [-0.4, -0.2) is 23.3 Å². The average molecular weight is 252 g/mol. The van der Waals surface area contributed by atoms with Gasteiger partial charge in [0.25, 0.3) is 0 Å². The van der Waals surface area contributed by atoms with Crippen molar-refractivity contribution in [2.45, 2.75) is 6.42 Å². The molecule has 1 aromatic rings. The van der Waals surface area contributed by atoms with Gasteiger partial charge in [-0.2, -0.15) is 0 Å². The van der Waals surface area contributed by atoms with Crippen molar-refractivity contribution >= 4 is 18.2 Å². The van der Waals surface area contributed by atoms with Crippen LogP contribution in [0.5, 0.6) is 5.75 Å². The lowest BCUT2D eigenvalue weighted by molar-refractivity contribution is -0.138. The normalized spacial score (nSPS) is 9.61. The van der Waals surface area contributed by atoms with Crippen LogP contribution in [-0.2, 0) is 9.59 Å². The van der Waals surface area contributed by atoms with E-state index in [1.165, 1.54) is 12.1 Å². The van der Waals surface area contributed by atoms with Crippen molar-refractivity contribution in [1.82, 2.24) is 0 Å². The molecule has 0 saturated heterocycles. The Morgan fingerprint density at radius 2 is 2.11 bits per heavy atom. The van der Waals surface area contributed by atoms with E-state index in [-0.39, 0.29) is 11.1 Å². The van der Waals surface area contributed by atoms with Gasteiger partial charge in [-0.15, -0.1) is 0 Å². The van der Waals surface area contributed by atoms with E-state index in [1.54, 1.807) is 0 Å². The van der Waals surface area contributed by atoms with Crippen molar-refractivity contribution in [3.8, 4) is 5.75 Å². The molecule has 94 valence electrons. The molecular weight excluding hydrogens is 243 g/mol. The minimum absolute atomic E-state index is 0.135. The summed E-state index contributed by atoms with van der Waals surface area (Å²) in [5, 5.41) is 8.51. The summed E-state index contributed by atoms with van der Waals surface area (Å²) in [6, 6.07) is 3.57. The van der Waals surface area contributed by atoms with Crippen molar-refractivity contribution in [2.24, 2.45) is 0 Å². The van der Waals surface area contributed by atoms with Gasteiger partial charge in [0.05, 0.1) is 12.0 Å². The Balaban J connectivity index is 2.85. The zero-order valence-electron chi connectivity index (χ0n) is 9.18. The zero-order valence-corrected chi connectivity index (χ0v) is 9.18. The maximum atomic E-state index is 13.3. The summed E-state index contributed by atoms with van der Waals surface area (Å²) in [6.07, 6.45) is -0.264. The molecule has 0 bridgehead atoms. The fourth-order valence-corrected chi connectivity index (χ4v) is 1.13. The third-order valence-electron chi connectivity index (χ3n) is 2.00. The first-order valence-electron chi connectivity index (χ1n) is 4.81. The van der Waals surface area contributed by atoms with Crippen LogP contribution < -0.4 is 4.74 Å². The summed E-state index contributed by atoms with van der Waals surface area (Å²) in [4.78, 5) is 32.4. The largest absolute Gasteiger partial charge is 0.478 e. The minimum Gasteiger partial charge on any atom is -0.478 e. The lowest BCUT2D eigenvalue weighted by Gasteiger charge is -2.07. The van der Waals surface area contributed by atoms with Crippen molar-refractivity contribution in [3.05, 3.63) is 41.7 Å². The van der Waals surface area contributed by atoms with E-state index in [0.717, 1.165) is 6.07 Å². The zero-order chi connectivity index (χ0) is 13.7. The van der Waals surface area contributed by atoms with Gasteiger partial charge >= 0.3 is 11.9 Å². The number of aliphatic carboxylic acids is 1. The summed E-state index contributed by atoms with van der Waals surface area (Å²) in [6.45, 7) is 3.14. The molecule has 18 heavy (non-hydrogen) atoms. The molecule has 0 aliphatic carbocycles. The van der Waals surface area contributed by atoms with Crippen LogP contribution in [0.4, 0.5) is 4.39 Å². The quantitative estimate of drug-likeness (QED) is 0.372. The van der Waals surface area contributed by atoms with Crippen molar-refractivity contribution in [1.29, 1.82) is 0 Å². The number of para-hydroxylation sites is 1. The molecule has 1 aromatic carbocycles. The predicted molar refractivity (Wildman–Crippen MR) is 58.8 cm³/mol. The molecule has 0 amide bonds. The van der Waals surface area contributed by atoms with E-state index in [0.29, 0.717) is 6.29 Å². The molecule has 0 heterocycles. The first-order valence-corrected chi connectivity index (χ1v) is 4.81. The summed E-state index contributed by atoms with van der Waals surface area (Å²) < 4.78 is 17.9. The molecule has 1 N–H and O–H groups in total. The fraction of sp³-hybridized carbons (Fsp3) is 0.0833. The molecule has 0 saturated carbocycles. The Labute approximate surface area is 101 Å². The molecule has 1 rings (SSSR count). The first-order chi connectivity index (χ1) is 8.45. The number of hydrogen-bond donors (Lipinski definition) is 1. The minimum atomic E-state index is -1.35. The smallest absolute Gasteiger partial charge is 0.331 e. The molecule has 0 spiro atoms. The molecule has 0 atom stereocenters. The Bertz CT molecular complexity index is 521. The molecule has 0 aliphatic rings. The van der Waals surface area contributed by atoms with E-state index >= 15 is 0 Å². The van der Waals surface area contributed by atoms with Gasteiger partial charge in [-0.3, -0.25) is 9.59 Å². The van der Waals surface area contributed by atoms with Gasteiger partial charge in [-0.25, -0.2) is 9.18 Å². The highest BCUT2D eigenvalue weighted by Crippen LogP contribution is 2.21. The predicted octanol–water partition coefficient (Wildman–Crippen LogP) is 1.57. The van der Waals surface area contributed by atoms with E-state index in [1.807, 2.05) is 0 Å². The van der Waals surface area contributed by atoms with Crippen LogP contribution in [0.1, 0.15) is 16.8 Å². The molecular formula is C12H9FO5. The number of carboxylic acids is 1. The number of aldehydes is 1. The molecule has 5 nitrogen and oxygen atoms in total. The van der Waals surface area contributed by atoms with Crippen molar-refractivity contribution < 1.29 is 28.6 Å². The third-order valence-corrected chi connectivity index (χ3v) is 2.00. The van der Waals surface area contributed by atoms with Crippen LogP contribution in [0.15, 0.2) is 30.4 Å². The SMILES string of the molecule is C=C(CC(=O)Oc1c(F)cccc1C=O)C(=O)O. The van der Waals surface area contributed by atoms with Crippen LogP contribution in [0, 0.1) is 5.82 Å². The van der Waals surface area contributed by atoms with Gasteiger partial charge in [0, 0.05) is 5.57 Å². The van der Waals surface area contributed by atoms with Gasteiger partial charge < -0.3 is 9.84 Å². The molecule has 6 heteroatoms. The lowest BCUT2D eigenvalue weighted by atomic mass is 10.2. The first kappa shape index (κ1) is 13.6. The Hall–Kier alpha value is -2.50. The maximum Gasteiger partial charge on any atom is 0.331 e. The van der Waals surface area contributed by atoms with Gasteiger partial charge in [-0.1, -0.05) is 12.6 Å². The second-order valence-corrected chi connectivity index (χ2v) is 3.34. The van der Waals surface area contributed by atoms with Crippen molar-refractivity contribution in [3.63, 3.8) is 0 Å². The number of benzene rings is 1. The van der Waals surface area contributed by atoms with E-state index in [2.05, 4.69) is 11.3 Å². The number of hydrogen-bond acceptors (Lipinski definition) is 4. The van der Waals surface area contributed by atoms with Crippen LogP contribution >= 0.6 is 0 Å². The molecule has 0 aromatic heterocycles. The standard InChI is InChI=1S/C12H9FO5/c1-7(12(16)17)5-10(15)18-11-8(6-14)3-2-4-9(11)13/h2-4,6H,1,5H2,(H,16,17). The van der Waals surface area contributed by atoms with Crippen molar-refractivity contribution in [2.75, 3.05) is 0 Å². The number of carbonyl (C=O) groups excluding carboxylic acids is 2. The number of esters is 1. The number of rotatable bonds is 5. The Morgan fingerprint density at radius 1 is 1.44 bits per heavy atom. The highest BCUT2D eigenvalue weighted by atomic mass is 19.1. The van der Waals surface area contributed by atoms with Crippen LogP contribution in [0.2, 0.25) is 0 Å². The van der Waals surface area contributed by atoms with Gasteiger partial charge in [-0.05, 0) is 12.1 Å². The maximum absolute atomic E-state index is 13.3. The van der Waals surface area contributed by atoms with Gasteiger partial charge in [0.2, 0.25) is 0 Å². The highest BCUT2D eigenvalue weighted by Gasteiger charge is 2.16. The molecule has 0 fully saturated rings. The van der Waals surface area contributed by atoms with Crippen LogP contribution in [0.3, 0.4) is 0 Å². The second-order valence-electron chi connectivity index (χ2n) is 3.34. The van der Waals surface area contributed by atoms with E-state index in [4.69, 9.17) is 5.11 Å². The lowest BCUT2D eigenvalue weighted by Crippen LogP contribution is -2.14. The fourth-order valence-electron chi connectivity index (χ4n) is 1.13. The van der Waals surface area contributed by atoms with Crippen LogP contribution in [0.25, 0.3) is 0 Å². The number of ether oxygens (including phenoxy) is 1. The average Bonchev–Trinajstić information content (AvgIpc) is 2.31. The molecule has 0 radical (unpaired) electrons. The highest BCUT2D eigenvalue weighted by molar-refractivity contribution is 5.92. The Morgan fingerprint density at radius 3 is 2.67 bits per heavy atom. The Kier molecular flexibility index (Phi) is 4.31. The summed E-state index contributed by atoms with van der Waals surface area (Å²) >= 11 is 0. The third kappa shape index (κ3) is 3.24. The number of carbonyl (C=O) groups is 3. The topological polar surface area (TPSA) is 80.7 Å². The van der Waals surface area contributed by atoms with Gasteiger partial charge in [0.1, 0.15) is 0 Å². The van der Waals surface area contributed by atoms with E-state index in [9.17, 15) is 18.8 Å². The second kappa shape index (κ2) is 5.72.